The summed E-state index contributed by atoms with van der Waals surface area (Å²) in [6.45, 7) is 3.66. The third-order valence-corrected chi connectivity index (χ3v) is 3.91. The van der Waals surface area contributed by atoms with E-state index in [1.807, 2.05) is 14.0 Å². The Labute approximate surface area is 92.0 Å². The predicted molar refractivity (Wildman–Crippen MR) is 60.5 cm³/mol. The average Bonchev–Trinajstić information content (AvgIpc) is 3.04. The lowest BCUT2D eigenvalue weighted by Gasteiger charge is -2.17. The minimum atomic E-state index is 0.0880. The van der Waals surface area contributed by atoms with Gasteiger partial charge in [-0.2, -0.15) is 0 Å². The molecular weight excluding hydrogens is 188 g/mol. The molecule has 3 heteroatoms. The first-order valence-corrected chi connectivity index (χ1v) is 6.10. The van der Waals surface area contributed by atoms with Gasteiger partial charge in [-0.05, 0) is 44.1 Å². The first-order chi connectivity index (χ1) is 7.18. The summed E-state index contributed by atoms with van der Waals surface area (Å²) < 4.78 is 0. The highest BCUT2D eigenvalue weighted by Crippen LogP contribution is 2.60. The van der Waals surface area contributed by atoms with Crippen molar-refractivity contribution < 1.29 is 4.79 Å². The van der Waals surface area contributed by atoms with E-state index in [1.165, 1.54) is 25.7 Å². The van der Waals surface area contributed by atoms with Crippen molar-refractivity contribution in [1.29, 1.82) is 0 Å². The highest BCUT2D eigenvalue weighted by molar-refractivity contribution is 5.78. The van der Waals surface area contributed by atoms with E-state index in [0.717, 1.165) is 19.0 Å². The molecule has 86 valence electrons. The molecule has 3 nitrogen and oxygen atoms in total. The molecule has 0 aromatic rings. The molecule has 0 aromatic carbocycles. The van der Waals surface area contributed by atoms with Crippen LogP contribution in [0.5, 0.6) is 0 Å². The molecule has 1 amide bonds. The van der Waals surface area contributed by atoms with Crippen LogP contribution in [0.2, 0.25) is 0 Å². The summed E-state index contributed by atoms with van der Waals surface area (Å²) >= 11 is 0. The summed E-state index contributed by atoms with van der Waals surface area (Å²) in [4.78, 5) is 11.7. The monoisotopic (exact) mass is 210 g/mol. The number of rotatable bonds is 6. The van der Waals surface area contributed by atoms with Crippen molar-refractivity contribution in [2.24, 2.45) is 17.3 Å². The summed E-state index contributed by atoms with van der Waals surface area (Å²) in [5.41, 5.74) is 0.523. The molecule has 2 rings (SSSR count). The van der Waals surface area contributed by atoms with Gasteiger partial charge in [0.1, 0.15) is 0 Å². The van der Waals surface area contributed by atoms with Gasteiger partial charge in [0.15, 0.2) is 0 Å². The zero-order valence-electron chi connectivity index (χ0n) is 9.81. The van der Waals surface area contributed by atoms with Crippen molar-refractivity contribution in [1.82, 2.24) is 10.6 Å². The first-order valence-electron chi connectivity index (χ1n) is 6.10. The van der Waals surface area contributed by atoms with Crippen LogP contribution in [0, 0.1) is 17.3 Å². The van der Waals surface area contributed by atoms with Gasteiger partial charge in [0.05, 0.1) is 0 Å². The second-order valence-corrected chi connectivity index (χ2v) is 5.31. The second kappa shape index (κ2) is 4.12. The molecular formula is C12H22N2O. The highest BCUT2D eigenvalue weighted by Gasteiger charge is 2.53. The SMILES string of the molecule is CNCC(C)C(=O)NCC1(C2CC2)CC1. The molecule has 2 N–H and O–H groups in total. The zero-order valence-corrected chi connectivity index (χ0v) is 9.81. The number of amides is 1. The third-order valence-electron chi connectivity index (χ3n) is 3.91. The fraction of sp³-hybridized carbons (Fsp3) is 0.917. The Bertz CT molecular complexity index is 244. The lowest BCUT2D eigenvalue weighted by Crippen LogP contribution is -2.38. The Balaban J connectivity index is 1.71. The van der Waals surface area contributed by atoms with E-state index in [9.17, 15) is 4.79 Å². The normalized spacial score (nSPS) is 24.7. The molecule has 2 aliphatic rings. The van der Waals surface area contributed by atoms with Crippen LogP contribution in [-0.4, -0.2) is 26.0 Å². The van der Waals surface area contributed by atoms with Crippen molar-refractivity contribution in [2.45, 2.75) is 32.6 Å². The molecule has 0 radical (unpaired) electrons. The zero-order chi connectivity index (χ0) is 10.9. The molecule has 0 aliphatic heterocycles. The van der Waals surface area contributed by atoms with Crippen LogP contribution >= 0.6 is 0 Å². The predicted octanol–water partition coefficient (Wildman–Crippen LogP) is 1.15. The van der Waals surface area contributed by atoms with Gasteiger partial charge < -0.3 is 10.6 Å². The maximum atomic E-state index is 11.7. The number of nitrogens with one attached hydrogen (secondary N) is 2. The standard InChI is InChI=1S/C12H22N2O/c1-9(7-13-2)11(15)14-8-12(5-6-12)10-3-4-10/h9-10,13H,3-8H2,1-2H3,(H,14,15). The van der Waals surface area contributed by atoms with Gasteiger partial charge in [0.2, 0.25) is 5.91 Å². The van der Waals surface area contributed by atoms with E-state index < -0.39 is 0 Å². The van der Waals surface area contributed by atoms with Crippen molar-refractivity contribution in [3.63, 3.8) is 0 Å². The Kier molecular flexibility index (Phi) is 3.01. The van der Waals surface area contributed by atoms with E-state index in [-0.39, 0.29) is 11.8 Å². The summed E-state index contributed by atoms with van der Waals surface area (Å²) in [5.74, 6) is 1.22. The van der Waals surface area contributed by atoms with Crippen molar-refractivity contribution >= 4 is 5.91 Å². The smallest absolute Gasteiger partial charge is 0.224 e. The Morgan fingerprint density at radius 3 is 2.60 bits per heavy atom. The van der Waals surface area contributed by atoms with E-state index in [2.05, 4.69) is 10.6 Å². The topological polar surface area (TPSA) is 41.1 Å². The minimum Gasteiger partial charge on any atom is -0.355 e. The van der Waals surface area contributed by atoms with Crippen molar-refractivity contribution in [2.75, 3.05) is 20.1 Å². The number of hydrogen-bond donors (Lipinski definition) is 2. The quantitative estimate of drug-likeness (QED) is 0.690. The fourth-order valence-electron chi connectivity index (χ4n) is 2.42. The Morgan fingerprint density at radius 1 is 1.47 bits per heavy atom. The first kappa shape index (κ1) is 10.9. The Morgan fingerprint density at radius 2 is 2.13 bits per heavy atom. The fourth-order valence-corrected chi connectivity index (χ4v) is 2.42. The largest absolute Gasteiger partial charge is 0.355 e. The maximum Gasteiger partial charge on any atom is 0.224 e. The van der Waals surface area contributed by atoms with Crippen LogP contribution in [0.4, 0.5) is 0 Å². The minimum absolute atomic E-state index is 0.0880. The molecule has 2 saturated carbocycles. The van der Waals surface area contributed by atoms with Crippen LogP contribution in [-0.2, 0) is 4.79 Å². The summed E-state index contributed by atoms with van der Waals surface area (Å²) in [7, 11) is 1.89. The van der Waals surface area contributed by atoms with E-state index >= 15 is 0 Å². The third kappa shape index (κ3) is 2.51. The number of carbonyl (C=O) groups excluding carboxylic acids is 1. The van der Waals surface area contributed by atoms with Crippen LogP contribution in [0.25, 0.3) is 0 Å². The van der Waals surface area contributed by atoms with E-state index in [4.69, 9.17) is 0 Å². The van der Waals surface area contributed by atoms with Gasteiger partial charge in [-0.3, -0.25) is 4.79 Å². The van der Waals surface area contributed by atoms with E-state index in [1.54, 1.807) is 0 Å². The van der Waals surface area contributed by atoms with Crippen LogP contribution in [0.15, 0.2) is 0 Å². The molecule has 0 saturated heterocycles. The van der Waals surface area contributed by atoms with Gasteiger partial charge >= 0.3 is 0 Å². The van der Waals surface area contributed by atoms with Gasteiger partial charge in [0, 0.05) is 19.0 Å². The van der Waals surface area contributed by atoms with Crippen molar-refractivity contribution in [3.8, 4) is 0 Å². The molecule has 2 fully saturated rings. The number of carbonyl (C=O) groups is 1. The van der Waals surface area contributed by atoms with Gasteiger partial charge in [-0.15, -0.1) is 0 Å². The molecule has 0 heterocycles. The van der Waals surface area contributed by atoms with Crippen molar-refractivity contribution in [3.05, 3.63) is 0 Å². The van der Waals surface area contributed by atoms with Gasteiger partial charge in [0.25, 0.3) is 0 Å². The number of hydrogen-bond acceptors (Lipinski definition) is 2. The molecule has 1 atom stereocenters. The average molecular weight is 210 g/mol. The van der Waals surface area contributed by atoms with Gasteiger partial charge in [-0.25, -0.2) is 0 Å². The molecule has 15 heavy (non-hydrogen) atoms. The summed E-state index contributed by atoms with van der Waals surface area (Å²) in [6, 6.07) is 0. The van der Waals surface area contributed by atoms with Crippen LogP contribution < -0.4 is 10.6 Å². The lowest BCUT2D eigenvalue weighted by atomic mass is 10.0. The van der Waals surface area contributed by atoms with Gasteiger partial charge in [-0.1, -0.05) is 6.92 Å². The highest BCUT2D eigenvalue weighted by atomic mass is 16.1. The lowest BCUT2D eigenvalue weighted by molar-refractivity contribution is -0.124. The molecule has 0 aromatic heterocycles. The second-order valence-electron chi connectivity index (χ2n) is 5.31. The molecule has 2 aliphatic carbocycles. The maximum absolute atomic E-state index is 11.7. The van der Waals surface area contributed by atoms with Crippen LogP contribution in [0.1, 0.15) is 32.6 Å². The summed E-state index contributed by atoms with van der Waals surface area (Å²) in [6.07, 6.45) is 5.45. The summed E-state index contributed by atoms with van der Waals surface area (Å²) in [5, 5.41) is 6.15. The Hall–Kier alpha value is -0.570. The van der Waals surface area contributed by atoms with E-state index in [0.29, 0.717) is 5.41 Å². The van der Waals surface area contributed by atoms with Crippen LogP contribution in [0.3, 0.4) is 0 Å². The molecule has 1 unspecified atom stereocenters. The molecule has 0 spiro atoms. The molecule has 0 bridgehead atoms.